The van der Waals surface area contributed by atoms with Crippen LogP contribution in [-0.2, 0) is 22.4 Å². The van der Waals surface area contributed by atoms with Crippen LogP contribution in [0.1, 0.15) is 67.0 Å². The number of hydrogen-bond acceptors (Lipinski definition) is 3. The number of ketones is 1. The molecule has 1 saturated heterocycles. The van der Waals surface area contributed by atoms with Crippen LogP contribution in [0.5, 0.6) is 0 Å². The molecule has 32 heavy (non-hydrogen) atoms. The fourth-order valence-electron chi connectivity index (χ4n) is 5.87. The smallest absolute Gasteiger partial charge is 0.189 e. The van der Waals surface area contributed by atoms with E-state index >= 15 is 0 Å². The van der Waals surface area contributed by atoms with Gasteiger partial charge in [0.2, 0.25) is 0 Å². The SMILES string of the molecule is CCCC1CCc2sccc2C=C1C(=O)C1=CC(CC2CCOCC2)Cc2ccccc21. The number of allylic oxidation sites excluding steroid dienone is 3. The first-order valence-corrected chi connectivity index (χ1v) is 13.3. The zero-order chi connectivity index (χ0) is 21.9. The molecule has 0 saturated carbocycles. The molecule has 2 heterocycles. The molecule has 3 heteroatoms. The van der Waals surface area contributed by atoms with E-state index in [1.54, 1.807) is 0 Å². The molecule has 0 amide bonds. The lowest BCUT2D eigenvalue weighted by Gasteiger charge is -2.29. The number of aryl methyl sites for hydroxylation is 1. The predicted octanol–water partition coefficient (Wildman–Crippen LogP) is 7.14. The Balaban J connectivity index is 1.50. The molecule has 0 N–H and O–H groups in total. The van der Waals surface area contributed by atoms with Gasteiger partial charge in [-0.3, -0.25) is 4.79 Å². The van der Waals surface area contributed by atoms with Gasteiger partial charge in [0.25, 0.3) is 0 Å². The highest BCUT2D eigenvalue weighted by Crippen LogP contribution is 2.40. The molecule has 2 unspecified atom stereocenters. The van der Waals surface area contributed by atoms with Crippen LogP contribution >= 0.6 is 11.3 Å². The summed E-state index contributed by atoms with van der Waals surface area (Å²) in [6, 6.07) is 10.8. The van der Waals surface area contributed by atoms with E-state index in [0.717, 1.165) is 74.9 Å². The molecule has 3 aliphatic rings. The first-order valence-electron chi connectivity index (χ1n) is 12.4. The lowest BCUT2D eigenvalue weighted by Crippen LogP contribution is -2.23. The van der Waals surface area contributed by atoms with Gasteiger partial charge < -0.3 is 4.74 Å². The third-order valence-corrected chi connectivity index (χ3v) is 8.56. The van der Waals surface area contributed by atoms with Gasteiger partial charge in [0.05, 0.1) is 0 Å². The van der Waals surface area contributed by atoms with Gasteiger partial charge in [-0.25, -0.2) is 0 Å². The summed E-state index contributed by atoms with van der Waals surface area (Å²) in [7, 11) is 0. The van der Waals surface area contributed by atoms with Crippen molar-refractivity contribution in [2.45, 2.75) is 58.3 Å². The van der Waals surface area contributed by atoms with Gasteiger partial charge in [0, 0.05) is 29.2 Å². The Labute approximate surface area is 196 Å². The second kappa shape index (κ2) is 9.89. The third kappa shape index (κ3) is 4.56. The number of thiophene rings is 1. The monoisotopic (exact) mass is 446 g/mol. The number of fused-ring (bicyclic) bond motifs is 2. The Bertz CT molecular complexity index is 1020. The number of hydrogen-bond donors (Lipinski definition) is 0. The topological polar surface area (TPSA) is 26.3 Å². The molecule has 5 rings (SSSR count). The van der Waals surface area contributed by atoms with E-state index in [1.807, 2.05) is 11.3 Å². The Morgan fingerprint density at radius 2 is 1.97 bits per heavy atom. The lowest BCUT2D eigenvalue weighted by atomic mass is 9.76. The van der Waals surface area contributed by atoms with Crippen LogP contribution in [0.3, 0.4) is 0 Å². The molecule has 1 aliphatic heterocycles. The molecular formula is C29H34O2S. The van der Waals surface area contributed by atoms with E-state index < -0.39 is 0 Å². The average Bonchev–Trinajstić information content (AvgIpc) is 3.20. The van der Waals surface area contributed by atoms with Crippen molar-refractivity contribution in [3.63, 3.8) is 0 Å². The normalized spacial score (nSPS) is 23.5. The number of carbonyl (C=O) groups is 1. The van der Waals surface area contributed by atoms with Crippen molar-refractivity contribution in [1.82, 2.24) is 0 Å². The highest BCUT2D eigenvalue weighted by atomic mass is 32.1. The van der Waals surface area contributed by atoms with Gasteiger partial charge >= 0.3 is 0 Å². The first-order chi connectivity index (χ1) is 15.7. The van der Waals surface area contributed by atoms with Crippen molar-refractivity contribution in [2.24, 2.45) is 17.8 Å². The van der Waals surface area contributed by atoms with Gasteiger partial charge in [-0.1, -0.05) is 43.7 Å². The van der Waals surface area contributed by atoms with Gasteiger partial charge in [-0.15, -0.1) is 11.3 Å². The van der Waals surface area contributed by atoms with Crippen molar-refractivity contribution in [3.05, 3.63) is 68.9 Å². The van der Waals surface area contributed by atoms with Crippen molar-refractivity contribution in [1.29, 1.82) is 0 Å². The Morgan fingerprint density at radius 1 is 1.12 bits per heavy atom. The fraction of sp³-hybridized carbons (Fsp3) is 0.483. The van der Waals surface area contributed by atoms with Crippen LogP contribution in [0.25, 0.3) is 11.6 Å². The summed E-state index contributed by atoms with van der Waals surface area (Å²) in [5.41, 5.74) is 5.76. The van der Waals surface area contributed by atoms with Crippen LogP contribution in [0.15, 0.2) is 47.4 Å². The van der Waals surface area contributed by atoms with Crippen molar-refractivity contribution in [3.8, 4) is 0 Å². The second-order valence-corrected chi connectivity index (χ2v) is 10.7. The number of rotatable bonds is 6. The van der Waals surface area contributed by atoms with Gasteiger partial charge in [-0.2, -0.15) is 0 Å². The van der Waals surface area contributed by atoms with Gasteiger partial charge in [0.1, 0.15) is 0 Å². The van der Waals surface area contributed by atoms with E-state index in [9.17, 15) is 4.79 Å². The van der Waals surface area contributed by atoms with E-state index in [1.165, 1.54) is 22.4 Å². The molecule has 2 aliphatic carbocycles. The summed E-state index contributed by atoms with van der Waals surface area (Å²) in [5.74, 6) is 1.78. The van der Waals surface area contributed by atoms with E-state index in [4.69, 9.17) is 4.74 Å². The number of Topliss-reactive ketones (excluding diaryl/α,β-unsaturated/α-hetero) is 1. The van der Waals surface area contributed by atoms with E-state index in [2.05, 4.69) is 54.8 Å². The number of ether oxygens (including phenoxy) is 1. The molecule has 0 spiro atoms. The molecule has 1 aromatic heterocycles. The molecule has 2 aromatic rings. The Morgan fingerprint density at radius 3 is 2.81 bits per heavy atom. The van der Waals surface area contributed by atoms with Crippen LogP contribution in [0, 0.1) is 17.8 Å². The van der Waals surface area contributed by atoms with Crippen LogP contribution in [-0.4, -0.2) is 19.0 Å². The first kappa shape index (κ1) is 21.9. The molecule has 0 bridgehead atoms. The highest BCUT2D eigenvalue weighted by Gasteiger charge is 2.31. The fourth-order valence-corrected chi connectivity index (χ4v) is 6.75. The predicted molar refractivity (Wildman–Crippen MR) is 134 cm³/mol. The molecule has 2 nitrogen and oxygen atoms in total. The lowest BCUT2D eigenvalue weighted by molar-refractivity contribution is -0.111. The van der Waals surface area contributed by atoms with Crippen molar-refractivity contribution < 1.29 is 9.53 Å². The maximum Gasteiger partial charge on any atom is 0.189 e. The average molecular weight is 447 g/mol. The maximum atomic E-state index is 14.2. The highest BCUT2D eigenvalue weighted by molar-refractivity contribution is 7.10. The Hall–Kier alpha value is -1.97. The van der Waals surface area contributed by atoms with Crippen LogP contribution in [0.2, 0.25) is 0 Å². The van der Waals surface area contributed by atoms with Crippen molar-refractivity contribution >= 4 is 28.8 Å². The Kier molecular flexibility index (Phi) is 6.75. The quantitative estimate of drug-likeness (QED) is 0.471. The molecular weight excluding hydrogens is 412 g/mol. The minimum Gasteiger partial charge on any atom is -0.381 e. The zero-order valence-electron chi connectivity index (χ0n) is 19.1. The summed E-state index contributed by atoms with van der Waals surface area (Å²) in [4.78, 5) is 15.6. The molecule has 2 atom stereocenters. The maximum absolute atomic E-state index is 14.2. The molecule has 168 valence electrons. The standard InChI is InChI=1S/C29H34O2S/c1-2-5-22-8-9-28-24(12-15-32-28)19-26(22)29(30)27-18-21(16-20-10-13-31-14-11-20)17-23-6-3-4-7-25(23)27/h3-4,6-7,12,15,18-22H,2,5,8-11,13-14,16-17H2,1H3. The zero-order valence-corrected chi connectivity index (χ0v) is 20.0. The van der Waals surface area contributed by atoms with Crippen LogP contribution < -0.4 is 0 Å². The summed E-state index contributed by atoms with van der Waals surface area (Å²) >= 11 is 1.84. The van der Waals surface area contributed by atoms with Crippen LogP contribution in [0.4, 0.5) is 0 Å². The number of benzene rings is 1. The summed E-state index contributed by atoms with van der Waals surface area (Å²) < 4.78 is 5.58. The van der Waals surface area contributed by atoms with Gasteiger partial charge in [0.15, 0.2) is 5.78 Å². The van der Waals surface area contributed by atoms with E-state index in [0.29, 0.717) is 17.8 Å². The van der Waals surface area contributed by atoms with E-state index in [-0.39, 0.29) is 5.78 Å². The third-order valence-electron chi connectivity index (χ3n) is 7.56. The summed E-state index contributed by atoms with van der Waals surface area (Å²) in [6.45, 7) is 4.01. The minimum absolute atomic E-state index is 0.270. The summed E-state index contributed by atoms with van der Waals surface area (Å²) in [6.07, 6.45) is 13.5. The molecule has 1 aromatic carbocycles. The second-order valence-electron chi connectivity index (χ2n) is 9.75. The number of carbonyl (C=O) groups excluding carboxylic acids is 1. The molecule has 1 fully saturated rings. The van der Waals surface area contributed by atoms with Crippen molar-refractivity contribution in [2.75, 3.05) is 13.2 Å². The van der Waals surface area contributed by atoms with Gasteiger partial charge in [-0.05, 0) is 96.9 Å². The minimum atomic E-state index is 0.270. The largest absolute Gasteiger partial charge is 0.381 e. The summed E-state index contributed by atoms with van der Waals surface area (Å²) in [5, 5.41) is 2.17. The molecule has 0 radical (unpaired) electrons.